The fraction of sp³-hybridized carbons (Fsp3) is 0.333. The number of hydrogen-bond acceptors (Lipinski definition) is 2. The number of halogens is 1. The van der Waals surface area contributed by atoms with Crippen LogP contribution in [0.2, 0.25) is 5.02 Å². The highest BCUT2D eigenvalue weighted by molar-refractivity contribution is 6.31. The Hall–Kier alpha value is -1.35. The van der Waals surface area contributed by atoms with E-state index in [9.17, 15) is 9.59 Å². The van der Waals surface area contributed by atoms with E-state index in [4.69, 9.17) is 11.6 Å². The Morgan fingerprint density at radius 2 is 2.00 bits per heavy atom. The molecule has 4 heteroatoms. The zero-order valence-corrected chi connectivity index (χ0v) is 9.62. The SMILES string of the molecule is CC1C(=O)NC(=O)CC1c1ccccc1Cl. The minimum absolute atomic E-state index is 0.116. The highest BCUT2D eigenvalue weighted by Gasteiger charge is 2.34. The summed E-state index contributed by atoms with van der Waals surface area (Å²) in [5.41, 5.74) is 0.875. The van der Waals surface area contributed by atoms with E-state index in [2.05, 4.69) is 5.32 Å². The normalized spacial score (nSPS) is 25.4. The molecule has 0 aromatic heterocycles. The van der Waals surface area contributed by atoms with Crippen LogP contribution in [0.5, 0.6) is 0 Å². The smallest absolute Gasteiger partial charge is 0.230 e. The Bertz CT molecular complexity index is 444. The number of piperidine rings is 1. The van der Waals surface area contributed by atoms with Crippen molar-refractivity contribution in [2.24, 2.45) is 5.92 Å². The summed E-state index contributed by atoms with van der Waals surface area (Å²) in [7, 11) is 0. The van der Waals surface area contributed by atoms with Crippen molar-refractivity contribution in [3.8, 4) is 0 Å². The van der Waals surface area contributed by atoms with Gasteiger partial charge < -0.3 is 0 Å². The van der Waals surface area contributed by atoms with Crippen molar-refractivity contribution >= 4 is 23.4 Å². The van der Waals surface area contributed by atoms with Crippen LogP contribution in [-0.2, 0) is 9.59 Å². The number of carbonyl (C=O) groups excluding carboxylic acids is 2. The van der Waals surface area contributed by atoms with Gasteiger partial charge in [-0.05, 0) is 11.6 Å². The number of rotatable bonds is 1. The maximum Gasteiger partial charge on any atom is 0.230 e. The topological polar surface area (TPSA) is 46.2 Å². The van der Waals surface area contributed by atoms with E-state index in [0.29, 0.717) is 11.4 Å². The summed E-state index contributed by atoms with van der Waals surface area (Å²) in [4.78, 5) is 22.9. The van der Waals surface area contributed by atoms with Gasteiger partial charge >= 0.3 is 0 Å². The van der Waals surface area contributed by atoms with Gasteiger partial charge in [-0.25, -0.2) is 0 Å². The summed E-state index contributed by atoms with van der Waals surface area (Å²) >= 11 is 6.08. The molecule has 84 valence electrons. The minimum atomic E-state index is -0.229. The van der Waals surface area contributed by atoms with Crippen molar-refractivity contribution in [3.05, 3.63) is 34.9 Å². The summed E-state index contributed by atoms with van der Waals surface area (Å²) in [6, 6.07) is 7.35. The zero-order chi connectivity index (χ0) is 11.7. The zero-order valence-electron chi connectivity index (χ0n) is 8.87. The quantitative estimate of drug-likeness (QED) is 0.761. The molecule has 2 amide bonds. The minimum Gasteiger partial charge on any atom is -0.296 e. The van der Waals surface area contributed by atoms with Crippen LogP contribution in [0.1, 0.15) is 24.8 Å². The van der Waals surface area contributed by atoms with E-state index in [0.717, 1.165) is 5.56 Å². The van der Waals surface area contributed by atoms with E-state index in [-0.39, 0.29) is 23.7 Å². The number of carbonyl (C=O) groups is 2. The summed E-state index contributed by atoms with van der Waals surface area (Å²) in [5, 5.41) is 2.94. The Kier molecular flexibility index (Phi) is 2.97. The largest absolute Gasteiger partial charge is 0.296 e. The third kappa shape index (κ3) is 1.95. The average Bonchev–Trinajstić information content (AvgIpc) is 2.24. The highest BCUT2D eigenvalue weighted by Crippen LogP contribution is 2.34. The lowest BCUT2D eigenvalue weighted by molar-refractivity contribution is -0.136. The van der Waals surface area contributed by atoms with Crippen LogP contribution in [0, 0.1) is 5.92 Å². The molecular formula is C12H12ClNO2. The van der Waals surface area contributed by atoms with E-state index in [1.807, 2.05) is 25.1 Å². The van der Waals surface area contributed by atoms with Gasteiger partial charge in [-0.2, -0.15) is 0 Å². The second-order valence-corrected chi connectivity index (χ2v) is 4.44. The Balaban J connectivity index is 2.36. The molecule has 1 aromatic rings. The fourth-order valence-electron chi connectivity index (χ4n) is 2.02. The summed E-state index contributed by atoms with van der Waals surface area (Å²) in [6.07, 6.45) is 0.316. The standard InChI is InChI=1S/C12H12ClNO2/c1-7-9(6-11(15)14-12(7)16)8-4-2-3-5-10(8)13/h2-5,7,9H,6H2,1H3,(H,14,15,16). The predicted molar refractivity (Wildman–Crippen MR) is 61.1 cm³/mol. The lowest BCUT2D eigenvalue weighted by Crippen LogP contribution is -2.43. The van der Waals surface area contributed by atoms with Crippen LogP contribution in [0.3, 0.4) is 0 Å². The first-order valence-corrected chi connectivity index (χ1v) is 5.55. The Labute approximate surface area is 98.8 Å². The summed E-state index contributed by atoms with van der Waals surface area (Å²) in [6.45, 7) is 1.82. The van der Waals surface area contributed by atoms with Crippen molar-refractivity contribution in [2.75, 3.05) is 0 Å². The van der Waals surface area contributed by atoms with E-state index in [1.54, 1.807) is 6.07 Å². The molecule has 1 fully saturated rings. The molecule has 0 spiro atoms. The lowest BCUT2D eigenvalue weighted by Gasteiger charge is -2.28. The van der Waals surface area contributed by atoms with Gasteiger partial charge in [-0.3, -0.25) is 14.9 Å². The van der Waals surface area contributed by atoms with Gasteiger partial charge in [0.1, 0.15) is 0 Å². The van der Waals surface area contributed by atoms with Crippen molar-refractivity contribution in [2.45, 2.75) is 19.3 Å². The highest BCUT2D eigenvalue weighted by atomic mass is 35.5. The van der Waals surface area contributed by atoms with Crippen LogP contribution in [0.25, 0.3) is 0 Å². The van der Waals surface area contributed by atoms with E-state index < -0.39 is 0 Å². The van der Waals surface area contributed by atoms with Crippen LogP contribution >= 0.6 is 11.6 Å². The molecular weight excluding hydrogens is 226 g/mol. The molecule has 1 N–H and O–H groups in total. The number of imide groups is 1. The molecule has 1 aliphatic rings. The summed E-state index contributed by atoms with van der Waals surface area (Å²) in [5.74, 6) is -0.790. The van der Waals surface area contributed by atoms with Gasteiger partial charge in [0.05, 0.1) is 0 Å². The molecule has 3 nitrogen and oxygen atoms in total. The maximum atomic E-state index is 11.5. The Morgan fingerprint density at radius 1 is 1.31 bits per heavy atom. The van der Waals surface area contributed by atoms with Crippen molar-refractivity contribution in [1.82, 2.24) is 5.32 Å². The third-order valence-electron chi connectivity index (χ3n) is 2.99. The molecule has 0 saturated carbocycles. The van der Waals surface area contributed by atoms with Gasteiger partial charge in [0.2, 0.25) is 11.8 Å². The first-order valence-electron chi connectivity index (χ1n) is 5.17. The maximum absolute atomic E-state index is 11.5. The van der Waals surface area contributed by atoms with Gasteiger partial charge in [0, 0.05) is 23.3 Å². The van der Waals surface area contributed by atoms with Crippen molar-refractivity contribution < 1.29 is 9.59 Å². The first kappa shape index (κ1) is 11.1. The van der Waals surface area contributed by atoms with Crippen molar-refractivity contribution in [3.63, 3.8) is 0 Å². The Morgan fingerprint density at radius 3 is 2.69 bits per heavy atom. The number of benzene rings is 1. The molecule has 2 unspecified atom stereocenters. The van der Waals surface area contributed by atoms with Crippen LogP contribution in [0.4, 0.5) is 0 Å². The summed E-state index contributed by atoms with van der Waals surface area (Å²) < 4.78 is 0. The average molecular weight is 238 g/mol. The van der Waals surface area contributed by atoms with Gasteiger partial charge in [-0.15, -0.1) is 0 Å². The van der Waals surface area contributed by atoms with Gasteiger partial charge in [0.15, 0.2) is 0 Å². The molecule has 2 rings (SSSR count). The number of hydrogen-bond donors (Lipinski definition) is 1. The predicted octanol–water partition coefficient (Wildman–Crippen LogP) is 2.11. The van der Waals surface area contributed by atoms with Crippen LogP contribution in [0.15, 0.2) is 24.3 Å². The second kappa shape index (κ2) is 4.26. The number of amides is 2. The monoisotopic (exact) mass is 237 g/mol. The van der Waals surface area contributed by atoms with Gasteiger partial charge in [-0.1, -0.05) is 36.7 Å². The van der Waals surface area contributed by atoms with Crippen molar-refractivity contribution in [1.29, 1.82) is 0 Å². The van der Waals surface area contributed by atoms with Crippen LogP contribution < -0.4 is 5.32 Å². The fourth-order valence-corrected chi connectivity index (χ4v) is 2.29. The third-order valence-corrected chi connectivity index (χ3v) is 3.33. The molecule has 1 saturated heterocycles. The number of nitrogens with one attached hydrogen (secondary N) is 1. The molecule has 0 aliphatic carbocycles. The van der Waals surface area contributed by atoms with Crippen LogP contribution in [-0.4, -0.2) is 11.8 Å². The molecule has 1 aliphatic heterocycles. The lowest BCUT2D eigenvalue weighted by atomic mass is 9.81. The van der Waals surface area contributed by atoms with E-state index in [1.165, 1.54) is 0 Å². The molecule has 2 atom stereocenters. The van der Waals surface area contributed by atoms with E-state index >= 15 is 0 Å². The molecule has 0 radical (unpaired) electrons. The second-order valence-electron chi connectivity index (χ2n) is 4.03. The molecule has 1 aromatic carbocycles. The van der Waals surface area contributed by atoms with Gasteiger partial charge in [0.25, 0.3) is 0 Å². The molecule has 1 heterocycles. The molecule has 0 bridgehead atoms. The first-order chi connectivity index (χ1) is 7.59. The molecule has 16 heavy (non-hydrogen) atoms.